The summed E-state index contributed by atoms with van der Waals surface area (Å²) >= 11 is 0. The molecule has 24 heavy (non-hydrogen) atoms. The molecule has 0 saturated carbocycles. The summed E-state index contributed by atoms with van der Waals surface area (Å²) in [7, 11) is -3.43. The minimum absolute atomic E-state index is 0.0320. The molecule has 0 bridgehead atoms. The maximum atomic E-state index is 13.2. The van der Waals surface area contributed by atoms with Crippen molar-refractivity contribution in [2.45, 2.75) is 17.9 Å². The van der Waals surface area contributed by atoms with Gasteiger partial charge in [0.25, 0.3) is 0 Å². The van der Waals surface area contributed by atoms with Crippen LogP contribution < -0.4 is 10.6 Å². The molecule has 2 aromatic carbocycles. The number of rotatable bonds is 6. The van der Waals surface area contributed by atoms with Crippen LogP contribution in [0.4, 0.5) is 10.1 Å². The van der Waals surface area contributed by atoms with Crippen molar-refractivity contribution in [2.75, 3.05) is 18.1 Å². The van der Waals surface area contributed by atoms with Crippen LogP contribution in [0.1, 0.15) is 18.5 Å². The largest absolute Gasteiger partial charge is 0.324 e. The maximum Gasteiger partial charge on any atom is 0.238 e. The van der Waals surface area contributed by atoms with Gasteiger partial charge in [-0.15, -0.1) is 0 Å². The van der Waals surface area contributed by atoms with Gasteiger partial charge in [0.05, 0.1) is 17.1 Å². The first-order chi connectivity index (χ1) is 11.3. The topological polar surface area (TPSA) is 75.3 Å². The highest BCUT2D eigenvalue weighted by molar-refractivity contribution is 7.90. The summed E-state index contributed by atoms with van der Waals surface area (Å²) in [6, 6.07) is 12.1. The summed E-state index contributed by atoms with van der Waals surface area (Å²) in [5, 5.41) is 5.56. The van der Waals surface area contributed by atoms with E-state index in [4.69, 9.17) is 0 Å². The molecule has 1 atom stereocenters. The molecule has 0 heterocycles. The van der Waals surface area contributed by atoms with Crippen molar-refractivity contribution < 1.29 is 17.6 Å². The molecular weight excluding hydrogens is 331 g/mol. The van der Waals surface area contributed by atoms with Gasteiger partial charge in [-0.25, -0.2) is 12.8 Å². The Morgan fingerprint density at radius 3 is 2.54 bits per heavy atom. The van der Waals surface area contributed by atoms with Gasteiger partial charge in [0.2, 0.25) is 5.91 Å². The van der Waals surface area contributed by atoms with Crippen LogP contribution in [-0.4, -0.2) is 27.1 Å². The second kappa shape index (κ2) is 7.55. The van der Waals surface area contributed by atoms with Gasteiger partial charge < -0.3 is 10.6 Å². The molecule has 0 spiro atoms. The van der Waals surface area contributed by atoms with Crippen molar-refractivity contribution in [3.63, 3.8) is 0 Å². The smallest absolute Gasteiger partial charge is 0.238 e. The fraction of sp³-hybridized carbons (Fsp3) is 0.235. The molecule has 0 aliphatic heterocycles. The number of halogens is 1. The highest BCUT2D eigenvalue weighted by Crippen LogP contribution is 2.20. The number of carbonyl (C=O) groups excluding carboxylic acids is 1. The molecule has 1 amide bonds. The second-order valence-corrected chi connectivity index (χ2v) is 7.46. The average molecular weight is 350 g/mol. The second-order valence-electron chi connectivity index (χ2n) is 5.47. The van der Waals surface area contributed by atoms with E-state index in [1.807, 2.05) is 6.92 Å². The molecule has 0 fully saturated rings. The fourth-order valence-electron chi connectivity index (χ4n) is 2.23. The summed E-state index contributed by atoms with van der Waals surface area (Å²) < 4.78 is 36.6. The van der Waals surface area contributed by atoms with Crippen molar-refractivity contribution in [2.24, 2.45) is 0 Å². The van der Waals surface area contributed by atoms with E-state index >= 15 is 0 Å². The van der Waals surface area contributed by atoms with Crippen molar-refractivity contribution >= 4 is 21.4 Å². The minimum Gasteiger partial charge on any atom is -0.324 e. The van der Waals surface area contributed by atoms with Crippen molar-refractivity contribution in [1.29, 1.82) is 0 Å². The van der Waals surface area contributed by atoms with Gasteiger partial charge in [-0.3, -0.25) is 4.79 Å². The molecule has 0 aromatic heterocycles. The first-order valence-electron chi connectivity index (χ1n) is 7.35. The lowest BCUT2D eigenvalue weighted by Gasteiger charge is -2.15. The van der Waals surface area contributed by atoms with E-state index < -0.39 is 9.84 Å². The highest BCUT2D eigenvalue weighted by Gasteiger charge is 2.15. The van der Waals surface area contributed by atoms with E-state index in [1.54, 1.807) is 24.3 Å². The van der Waals surface area contributed by atoms with Crippen LogP contribution in [0, 0.1) is 5.82 Å². The third-order valence-electron chi connectivity index (χ3n) is 3.48. The first-order valence-corrected chi connectivity index (χ1v) is 9.24. The molecule has 7 heteroatoms. The van der Waals surface area contributed by atoms with Crippen molar-refractivity contribution in [3.8, 4) is 0 Å². The summed E-state index contributed by atoms with van der Waals surface area (Å²) in [6.07, 6.45) is 1.09. The lowest BCUT2D eigenvalue weighted by molar-refractivity contribution is -0.115. The van der Waals surface area contributed by atoms with Crippen LogP contribution in [0.2, 0.25) is 0 Å². The highest BCUT2D eigenvalue weighted by atomic mass is 32.2. The monoisotopic (exact) mass is 350 g/mol. The summed E-state index contributed by atoms with van der Waals surface area (Å²) in [4.78, 5) is 12.1. The van der Waals surface area contributed by atoms with Gasteiger partial charge in [-0.05, 0) is 36.8 Å². The molecule has 2 aromatic rings. The van der Waals surface area contributed by atoms with E-state index in [0.29, 0.717) is 0 Å². The quantitative estimate of drug-likeness (QED) is 0.839. The average Bonchev–Trinajstić information content (AvgIpc) is 2.52. The lowest BCUT2D eigenvalue weighted by Crippen LogP contribution is -2.30. The summed E-state index contributed by atoms with van der Waals surface area (Å²) in [6.45, 7) is 1.78. The zero-order valence-electron chi connectivity index (χ0n) is 13.4. The molecule has 128 valence electrons. The van der Waals surface area contributed by atoms with Crippen molar-refractivity contribution in [1.82, 2.24) is 5.32 Å². The number of carbonyl (C=O) groups is 1. The fourth-order valence-corrected chi connectivity index (χ4v) is 3.07. The van der Waals surface area contributed by atoms with Gasteiger partial charge in [-0.1, -0.05) is 24.3 Å². The van der Waals surface area contributed by atoms with Gasteiger partial charge >= 0.3 is 0 Å². The molecule has 5 nitrogen and oxygen atoms in total. The minimum atomic E-state index is -3.43. The first kappa shape index (κ1) is 18.1. The van der Waals surface area contributed by atoms with Crippen LogP contribution in [0.15, 0.2) is 53.4 Å². The predicted molar refractivity (Wildman–Crippen MR) is 91.0 cm³/mol. The van der Waals surface area contributed by atoms with E-state index in [2.05, 4.69) is 10.6 Å². The normalized spacial score (nSPS) is 12.6. The third-order valence-corrected chi connectivity index (χ3v) is 4.63. The SMILES string of the molecule is CC(NCC(=O)Nc1ccccc1S(C)(=O)=O)c1cccc(F)c1. The summed E-state index contributed by atoms with van der Waals surface area (Å²) in [5.74, 6) is -0.720. The van der Waals surface area contributed by atoms with Crippen LogP contribution in [-0.2, 0) is 14.6 Å². The molecule has 0 aliphatic carbocycles. The molecule has 0 radical (unpaired) electrons. The number of sulfone groups is 1. The van der Waals surface area contributed by atoms with Gasteiger partial charge in [0.1, 0.15) is 5.82 Å². The number of nitrogens with one attached hydrogen (secondary N) is 2. The Kier molecular flexibility index (Phi) is 5.69. The Bertz CT molecular complexity index is 837. The Labute approximate surface area is 140 Å². The number of amides is 1. The Hall–Kier alpha value is -2.25. The molecule has 2 rings (SSSR count). The number of anilines is 1. The lowest BCUT2D eigenvalue weighted by atomic mass is 10.1. The zero-order chi connectivity index (χ0) is 17.7. The maximum absolute atomic E-state index is 13.2. The molecular formula is C17H19FN2O3S. The third kappa shape index (κ3) is 4.87. The Morgan fingerprint density at radius 1 is 1.17 bits per heavy atom. The number of benzene rings is 2. The van der Waals surface area contributed by atoms with E-state index in [0.717, 1.165) is 11.8 Å². The molecule has 2 N–H and O–H groups in total. The zero-order valence-corrected chi connectivity index (χ0v) is 14.2. The summed E-state index contributed by atoms with van der Waals surface area (Å²) in [5.41, 5.74) is 0.963. The van der Waals surface area contributed by atoms with Gasteiger partial charge in [0, 0.05) is 12.3 Å². The van der Waals surface area contributed by atoms with Crippen molar-refractivity contribution in [3.05, 3.63) is 59.9 Å². The van der Waals surface area contributed by atoms with Gasteiger partial charge in [-0.2, -0.15) is 0 Å². The van der Waals surface area contributed by atoms with Crippen LogP contribution in [0.3, 0.4) is 0 Å². The van der Waals surface area contributed by atoms with E-state index in [1.165, 1.54) is 24.3 Å². The van der Waals surface area contributed by atoms with Gasteiger partial charge in [0.15, 0.2) is 9.84 Å². The molecule has 0 saturated heterocycles. The van der Waals surface area contributed by atoms with E-state index in [9.17, 15) is 17.6 Å². The van der Waals surface area contributed by atoms with Crippen LogP contribution in [0.25, 0.3) is 0 Å². The number of para-hydroxylation sites is 1. The standard InChI is InChI=1S/C17H19FN2O3S/c1-12(13-6-5-7-14(18)10-13)19-11-17(21)20-15-8-3-4-9-16(15)24(2,22)23/h3-10,12,19H,11H2,1-2H3,(H,20,21). The number of hydrogen-bond acceptors (Lipinski definition) is 4. The van der Waals surface area contributed by atoms with Crippen LogP contribution in [0.5, 0.6) is 0 Å². The number of hydrogen-bond donors (Lipinski definition) is 2. The molecule has 0 aliphatic rings. The van der Waals surface area contributed by atoms with E-state index in [-0.39, 0.29) is 34.9 Å². The van der Waals surface area contributed by atoms with Crippen LogP contribution >= 0.6 is 0 Å². The Balaban J connectivity index is 2.00. The predicted octanol–water partition coefficient (Wildman–Crippen LogP) is 2.52. The molecule has 1 unspecified atom stereocenters. The Morgan fingerprint density at radius 2 is 1.88 bits per heavy atom.